The summed E-state index contributed by atoms with van der Waals surface area (Å²) in [6, 6.07) is 19.5. The SMILES string of the molecule is COc1ccc2cc(-c3ccnc(NCc4ccccc4C)n3)cc(N(C(=O)O)C(C)(C)C)c2c1. The van der Waals surface area contributed by atoms with Crippen molar-refractivity contribution in [3.05, 3.63) is 78.0 Å². The molecular weight excluding hydrogens is 440 g/mol. The van der Waals surface area contributed by atoms with Gasteiger partial charge in [0, 0.05) is 29.2 Å². The first kappa shape index (κ1) is 24.0. The van der Waals surface area contributed by atoms with Gasteiger partial charge in [-0.2, -0.15) is 0 Å². The van der Waals surface area contributed by atoms with Crippen LogP contribution < -0.4 is 15.0 Å². The van der Waals surface area contributed by atoms with Gasteiger partial charge in [-0.1, -0.05) is 30.3 Å². The van der Waals surface area contributed by atoms with Crippen molar-refractivity contribution in [2.45, 2.75) is 39.8 Å². The summed E-state index contributed by atoms with van der Waals surface area (Å²) in [5.41, 5.74) is 3.78. The molecule has 0 aliphatic heterocycles. The molecule has 4 aromatic rings. The Kier molecular flexibility index (Phi) is 6.60. The van der Waals surface area contributed by atoms with E-state index in [0.717, 1.165) is 16.3 Å². The number of aryl methyl sites for hydroxylation is 1. The molecule has 7 heteroatoms. The average Bonchev–Trinajstić information content (AvgIpc) is 2.82. The van der Waals surface area contributed by atoms with E-state index in [1.165, 1.54) is 16.0 Å². The number of methoxy groups -OCH3 is 1. The van der Waals surface area contributed by atoms with Crippen LogP contribution in [0.25, 0.3) is 22.0 Å². The number of ether oxygens (including phenoxy) is 1. The summed E-state index contributed by atoms with van der Waals surface area (Å²) in [6.45, 7) is 8.30. The second-order valence-electron chi connectivity index (χ2n) is 9.42. The number of rotatable bonds is 6. The Morgan fingerprint density at radius 3 is 2.54 bits per heavy atom. The highest BCUT2D eigenvalue weighted by Gasteiger charge is 2.30. The van der Waals surface area contributed by atoms with Gasteiger partial charge in [-0.15, -0.1) is 0 Å². The fourth-order valence-electron chi connectivity index (χ4n) is 4.12. The van der Waals surface area contributed by atoms with E-state index in [2.05, 4.69) is 29.4 Å². The van der Waals surface area contributed by atoms with Gasteiger partial charge >= 0.3 is 6.09 Å². The van der Waals surface area contributed by atoms with Crippen LogP contribution in [0.2, 0.25) is 0 Å². The van der Waals surface area contributed by atoms with E-state index in [4.69, 9.17) is 9.72 Å². The van der Waals surface area contributed by atoms with E-state index in [9.17, 15) is 9.90 Å². The van der Waals surface area contributed by atoms with Crippen molar-refractivity contribution in [1.29, 1.82) is 0 Å². The molecule has 0 aliphatic rings. The molecule has 180 valence electrons. The highest BCUT2D eigenvalue weighted by atomic mass is 16.5. The molecule has 4 rings (SSSR count). The Balaban J connectivity index is 1.79. The standard InChI is InChI=1S/C28H30N4O3/c1-18-8-6-7-9-20(18)17-30-26-29-13-12-24(31-26)21-14-19-10-11-22(35-5)16-23(19)25(15-21)32(27(33)34)28(2,3)4/h6-16H,17H2,1-5H3,(H,33,34)(H,29,30,31). The minimum absolute atomic E-state index is 0.507. The molecule has 0 aliphatic carbocycles. The van der Waals surface area contributed by atoms with Crippen molar-refractivity contribution in [2.75, 3.05) is 17.3 Å². The number of amides is 1. The summed E-state index contributed by atoms with van der Waals surface area (Å²) in [7, 11) is 1.60. The highest BCUT2D eigenvalue weighted by Crippen LogP contribution is 2.37. The van der Waals surface area contributed by atoms with Crippen molar-refractivity contribution in [1.82, 2.24) is 9.97 Å². The van der Waals surface area contributed by atoms with Gasteiger partial charge in [0.1, 0.15) is 5.75 Å². The van der Waals surface area contributed by atoms with Gasteiger partial charge < -0.3 is 15.2 Å². The van der Waals surface area contributed by atoms with E-state index < -0.39 is 11.6 Å². The van der Waals surface area contributed by atoms with Crippen molar-refractivity contribution in [2.24, 2.45) is 0 Å². The van der Waals surface area contributed by atoms with Gasteiger partial charge in [-0.05, 0) is 74.5 Å². The number of aromatic nitrogens is 2. The zero-order valence-electron chi connectivity index (χ0n) is 20.7. The molecular formula is C28H30N4O3. The van der Waals surface area contributed by atoms with E-state index in [1.807, 2.05) is 69.3 Å². The van der Waals surface area contributed by atoms with Gasteiger partial charge in [0.25, 0.3) is 0 Å². The normalized spacial score (nSPS) is 11.3. The Hall–Kier alpha value is -4.13. The minimum atomic E-state index is -1.03. The van der Waals surface area contributed by atoms with Gasteiger partial charge in [0.05, 0.1) is 18.5 Å². The van der Waals surface area contributed by atoms with Crippen LogP contribution in [0.4, 0.5) is 16.4 Å². The quantitative estimate of drug-likeness (QED) is 0.334. The van der Waals surface area contributed by atoms with Gasteiger partial charge in [-0.25, -0.2) is 14.8 Å². The van der Waals surface area contributed by atoms with Crippen molar-refractivity contribution >= 4 is 28.5 Å². The predicted molar refractivity (Wildman–Crippen MR) is 140 cm³/mol. The average molecular weight is 471 g/mol. The Morgan fingerprint density at radius 2 is 1.86 bits per heavy atom. The fraction of sp³-hybridized carbons (Fsp3) is 0.250. The first-order valence-electron chi connectivity index (χ1n) is 11.4. The molecule has 1 aromatic heterocycles. The molecule has 2 N–H and O–H groups in total. The second kappa shape index (κ2) is 9.62. The summed E-state index contributed by atoms with van der Waals surface area (Å²) in [5, 5.41) is 15.1. The van der Waals surface area contributed by atoms with Crippen LogP contribution in [0.1, 0.15) is 31.9 Å². The molecule has 1 amide bonds. The van der Waals surface area contributed by atoms with Crippen LogP contribution in [0.5, 0.6) is 5.75 Å². The number of nitrogens with zero attached hydrogens (tertiary/aromatic N) is 3. The summed E-state index contributed by atoms with van der Waals surface area (Å²) < 4.78 is 5.41. The number of anilines is 2. The lowest BCUT2D eigenvalue weighted by Crippen LogP contribution is -2.45. The Bertz CT molecular complexity index is 1380. The molecule has 0 saturated heterocycles. The topological polar surface area (TPSA) is 87.6 Å². The Labute approximate surface area is 205 Å². The van der Waals surface area contributed by atoms with Gasteiger partial charge in [0.15, 0.2) is 0 Å². The first-order chi connectivity index (χ1) is 16.7. The van der Waals surface area contributed by atoms with E-state index in [-0.39, 0.29) is 0 Å². The van der Waals surface area contributed by atoms with Crippen LogP contribution in [-0.2, 0) is 6.54 Å². The largest absolute Gasteiger partial charge is 0.497 e. The van der Waals surface area contributed by atoms with Crippen LogP contribution in [-0.4, -0.2) is 33.8 Å². The molecule has 0 atom stereocenters. The van der Waals surface area contributed by atoms with Crippen LogP contribution in [0, 0.1) is 6.92 Å². The second-order valence-corrected chi connectivity index (χ2v) is 9.42. The fourth-order valence-corrected chi connectivity index (χ4v) is 4.12. The molecule has 7 nitrogen and oxygen atoms in total. The summed E-state index contributed by atoms with van der Waals surface area (Å²) in [5.74, 6) is 1.17. The monoisotopic (exact) mass is 470 g/mol. The van der Waals surface area contributed by atoms with Crippen molar-refractivity contribution < 1.29 is 14.6 Å². The third-order valence-electron chi connectivity index (χ3n) is 5.89. The first-order valence-corrected chi connectivity index (χ1v) is 11.4. The lowest BCUT2D eigenvalue weighted by Gasteiger charge is -2.34. The molecule has 0 bridgehead atoms. The summed E-state index contributed by atoms with van der Waals surface area (Å²) in [4.78, 5) is 22.8. The van der Waals surface area contributed by atoms with Gasteiger partial charge in [-0.3, -0.25) is 4.90 Å². The number of hydrogen-bond donors (Lipinski definition) is 2. The molecule has 35 heavy (non-hydrogen) atoms. The lowest BCUT2D eigenvalue weighted by atomic mass is 9.98. The molecule has 0 unspecified atom stereocenters. The van der Waals surface area contributed by atoms with Crippen molar-refractivity contribution in [3.8, 4) is 17.0 Å². The molecule has 1 heterocycles. The molecule has 0 fully saturated rings. The summed E-state index contributed by atoms with van der Waals surface area (Å²) in [6.07, 6.45) is 0.682. The van der Waals surface area contributed by atoms with E-state index in [0.29, 0.717) is 29.6 Å². The third-order valence-corrected chi connectivity index (χ3v) is 5.89. The maximum absolute atomic E-state index is 12.4. The predicted octanol–water partition coefficient (Wildman–Crippen LogP) is 6.51. The smallest absolute Gasteiger partial charge is 0.412 e. The minimum Gasteiger partial charge on any atom is -0.497 e. The third kappa shape index (κ3) is 5.19. The number of carbonyl (C=O) groups is 1. The number of nitrogens with one attached hydrogen (secondary N) is 1. The van der Waals surface area contributed by atoms with Crippen LogP contribution >= 0.6 is 0 Å². The zero-order valence-corrected chi connectivity index (χ0v) is 20.7. The van der Waals surface area contributed by atoms with E-state index in [1.54, 1.807) is 13.3 Å². The number of carboxylic acid groups (broad SMARTS) is 1. The zero-order chi connectivity index (χ0) is 25.2. The van der Waals surface area contributed by atoms with Crippen LogP contribution in [0.3, 0.4) is 0 Å². The Morgan fingerprint density at radius 1 is 1.09 bits per heavy atom. The molecule has 3 aromatic carbocycles. The van der Waals surface area contributed by atoms with Crippen molar-refractivity contribution in [3.63, 3.8) is 0 Å². The number of hydrogen-bond acceptors (Lipinski definition) is 5. The van der Waals surface area contributed by atoms with Crippen LogP contribution in [0.15, 0.2) is 66.9 Å². The number of benzene rings is 3. The molecule has 0 radical (unpaired) electrons. The molecule has 0 spiro atoms. The highest BCUT2D eigenvalue weighted by molar-refractivity contribution is 6.04. The maximum Gasteiger partial charge on any atom is 0.412 e. The maximum atomic E-state index is 12.4. The number of fused-ring (bicyclic) bond motifs is 1. The molecule has 0 saturated carbocycles. The van der Waals surface area contributed by atoms with E-state index >= 15 is 0 Å². The summed E-state index contributed by atoms with van der Waals surface area (Å²) >= 11 is 0. The lowest BCUT2D eigenvalue weighted by molar-refractivity contribution is 0.196. The van der Waals surface area contributed by atoms with Gasteiger partial charge in [0.2, 0.25) is 5.95 Å².